The summed E-state index contributed by atoms with van der Waals surface area (Å²) >= 11 is 0. The monoisotopic (exact) mass is 984 g/mol. The second-order valence-corrected chi connectivity index (χ2v) is 17.4. The quantitative estimate of drug-likeness (QED) is 0.0267. The van der Waals surface area contributed by atoms with Crippen LogP contribution in [-0.4, -0.2) is 161 Å². The first-order valence-corrected chi connectivity index (χ1v) is 23.6. The molecule has 1 heterocycles. The normalized spacial score (nSPS) is 16.3. The second kappa shape index (κ2) is 32.7. The molecule has 8 atom stereocenters. The van der Waals surface area contributed by atoms with Crippen LogP contribution in [0.3, 0.4) is 0 Å². The molecule has 0 spiro atoms. The summed E-state index contributed by atoms with van der Waals surface area (Å²) in [7, 11) is 0. The number of nitrogens with zero attached hydrogens (tertiary/aromatic N) is 1. The van der Waals surface area contributed by atoms with Crippen molar-refractivity contribution in [2.75, 3.05) is 32.7 Å². The van der Waals surface area contributed by atoms with E-state index in [9.17, 15) is 57.8 Å². The number of rotatable bonds is 35. The summed E-state index contributed by atoms with van der Waals surface area (Å²) in [6.45, 7) is 5.31. The number of primary amides is 1. The maximum Gasteiger partial charge on any atom is 0.326 e. The number of likely N-dealkylation sites (tertiary alicyclic amines) is 1. The average Bonchev–Trinajstić information content (AvgIpc) is 3.79. The molecule has 0 saturated carbocycles. The van der Waals surface area contributed by atoms with E-state index in [-0.39, 0.29) is 45.3 Å². The maximum absolute atomic E-state index is 13.9. The largest absolute Gasteiger partial charge is 0.481 e. The smallest absolute Gasteiger partial charge is 0.326 e. The molecule has 9 amide bonds. The van der Waals surface area contributed by atoms with Crippen molar-refractivity contribution < 1.29 is 63.0 Å². The zero-order valence-corrected chi connectivity index (χ0v) is 40.1. The molecule has 1 saturated heterocycles. The molecule has 0 unspecified atom stereocenters. The summed E-state index contributed by atoms with van der Waals surface area (Å²) in [5.74, 6) is -10.2. The van der Waals surface area contributed by atoms with Crippen LogP contribution in [0, 0.1) is 5.92 Å². The van der Waals surface area contributed by atoms with Gasteiger partial charge in [0, 0.05) is 19.4 Å². The molecule has 26 nitrogen and oxygen atoms in total. The molecular weight excluding hydrogens is 907 g/mol. The summed E-state index contributed by atoms with van der Waals surface area (Å²) < 4.78 is 0. The van der Waals surface area contributed by atoms with E-state index in [1.165, 1.54) is 11.8 Å². The highest BCUT2D eigenvalue weighted by molar-refractivity contribution is 5.98. The number of aliphatic carboxylic acids is 2. The van der Waals surface area contributed by atoms with Gasteiger partial charge >= 0.3 is 11.9 Å². The summed E-state index contributed by atoms with van der Waals surface area (Å²) in [6, 6.07) is -9.64. The van der Waals surface area contributed by atoms with E-state index in [0.29, 0.717) is 57.9 Å². The van der Waals surface area contributed by atoms with E-state index < -0.39 is 145 Å². The Labute approximate surface area is 402 Å². The Morgan fingerprint density at radius 2 is 1.10 bits per heavy atom. The van der Waals surface area contributed by atoms with E-state index in [4.69, 9.17) is 33.8 Å². The van der Waals surface area contributed by atoms with Crippen molar-refractivity contribution in [2.24, 2.45) is 34.6 Å². The van der Waals surface area contributed by atoms with Crippen LogP contribution in [0.1, 0.15) is 117 Å². The van der Waals surface area contributed by atoms with Crippen molar-refractivity contribution in [3.63, 3.8) is 0 Å². The molecule has 0 aromatic carbocycles. The topological polar surface area (TPSA) is 446 Å². The van der Waals surface area contributed by atoms with Gasteiger partial charge in [0.15, 0.2) is 0 Å². The van der Waals surface area contributed by atoms with Gasteiger partial charge < -0.3 is 81.0 Å². The van der Waals surface area contributed by atoms with E-state index in [1.807, 2.05) is 0 Å². The number of carbonyl (C=O) groups excluding carboxylic acids is 9. The number of unbranched alkanes of at least 4 members (excludes halogenated alkanes) is 3. The lowest BCUT2D eigenvalue weighted by molar-refractivity contribution is -0.143. The lowest BCUT2D eigenvalue weighted by Gasteiger charge is -2.30. The first-order chi connectivity index (χ1) is 32.6. The number of nitrogens with one attached hydrogen (secondary N) is 7. The summed E-state index contributed by atoms with van der Waals surface area (Å²) in [6.07, 6.45) is 2.41. The minimum absolute atomic E-state index is 0.0433. The van der Waals surface area contributed by atoms with E-state index in [0.717, 1.165) is 0 Å². The van der Waals surface area contributed by atoms with Crippen LogP contribution < -0.4 is 65.9 Å². The molecular formula is C43H77N13O13. The fraction of sp³-hybridized carbons (Fsp3) is 0.744. The predicted octanol–water partition coefficient (Wildman–Crippen LogP) is -4.39. The van der Waals surface area contributed by atoms with Crippen molar-refractivity contribution in [2.45, 2.75) is 165 Å². The standard InChI is InChI=1S/C43H77N13O13/c1-24(2)35(55-40(65)31-14-10-22-56(31)42(67)25(3)50-36(61)26(47)11-4-7-19-44)41(66)53-28(13-6-9-21-46)38(63)52-27(12-5-8-20-45)37(62)49-23-33(58)51-29(15-17-32(48)57)39(64)54-30(43(68)69)16-18-34(59)60/h24-31,35H,4-23,44-47H2,1-3H3,(H2,48,57)(H,49,62)(H,50,61)(H,51,58)(H,52,63)(H,53,66)(H,54,64)(H,55,65)(H,59,60)(H,68,69)/t25-,26-,27-,28-,29-,30-,31-,35-/m0/s1. The molecule has 0 aliphatic carbocycles. The van der Waals surface area contributed by atoms with Gasteiger partial charge in [0.1, 0.15) is 42.3 Å². The van der Waals surface area contributed by atoms with Gasteiger partial charge in [-0.05, 0) is 110 Å². The van der Waals surface area contributed by atoms with Crippen LogP contribution in [0.25, 0.3) is 0 Å². The minimum atomic E-state index is -1.64. The third kappa shape index (κ3) is 23.2. The van der Waals surface area contributed by atoms with Gasteiger partial charge in [-0.25, -0.2) is 4.79 Å². The molecule has 69 heavy (non-hydrogen) atoms. The van der Waals surface area contributed by atoms with E-state index in [2.05, 4.69) is 37.2 Å². The minimum Gasteiger partial charge on any atom is -0.481 e. The van der Waals surface area contributed by atoms with Crippen LogP contribution >= 0.6 is 0 Å². The fourth-order valence-electron chi connectivity index (χ4n) is 7.30. The molecule has 392 valence electrons. The zero-order chi connectivity index (χ0) is 52.2. The van der Waals surface area contributed by atoms with Crippen molar-refractivity contribution in [1.29, 1.82) is 0 Å². The Balaban J connectivity index is 3.17. The van der Waals surface area contributed by atoms with Crippen LogP contribution in [-0.2, 0) is 52.7 Å². The van der Waals surface area contributed by atoms with Gasteiger partial charge in [0.05, 0.1) is 12.6 Å². The average molecular weight is 984 g/mol. The van der Waals surface area contributed by atoms with Gasteiger partial charge in [0.25, 0.3) is 0 Å². The highest BCUT2D eigenvalue weighted by Gasteiger charge is 2.39. The lowest BCUT2D eigenvalue weighted by atomic mass is 10.0. The first kappa shape index (κ1) is 61.0. The Hall–Kier alpha value is -5.99. The molecule has 0 bridgehead atoms. The number of carbonyl (C=O) groups is 11. The summed E-state index contributed by atoms with van der Waals surface area (Å²) in [5, 5.41) is 35.9. The second-order valence-electron chi connectivity index (χ2n) is 17.4. The number of carboxylic acid groups (broad SMARTS) is 2. The highest BCUT2D eigenvalue weighted by atomic mass is 16.4. The van der Waals surface area contributed by atoms with Gasteiger partial charge in [-0.15, -0.1) is 0 Å². The number of hydrogen-bond acceptors (Lipinski definition) is 15. The van der Waals surface area contributed by atoms with Gasteiger partial charge in [-0.1, -0.05) is 20.3 Å². The highest BCUT2D eigenvalue weighted by Crippen LogP contribution is 2.20. The summed E-state index contributed by atoms with van der Waals surface area (Å²) in [5.41, 5.74) is 28.1. The van der Waals surface area contributed by atoms with Crippen LogP contribution in [0.2, 0.25) is 0 Å². The molecule has 1 rings (SSSR count). The van der Waals surface area contributed by atoms with E-state index >= 15 is 0 Å². The Morgan fingerprint density at radius 1 is 0.594 bits per heavy atom. The van der Waals surface area contributed by atoms with Gasteiger partial charge in [0.2, 0.25) is 53.2 Å². The number of nitrogens with two attached hydrogens (primary N) is 5. The van der Waals surface area contributed by atoms with Crippen LogP contribution in [0.5, 0.6) is 0 Å². The molecule has 0 radical (unpaired) electrons. The number of hydrogen-bond donors (Lipinski definition) is 14. The van der Waals surface area contributed by atoms with Crippen molar-refractivity contribution in [1.82, 2.24) is 42.1 Å². The third-order valence-electron chi connectivity index (χ3n) is 11.3. The Bertz CT molecular complexity index is 1750. The first-order valence-electron chi connectivity index (χ1n) is 23.6. The van der Waals surface area contributed by atoms with Gasteiger partial charge in [-0.2, -0.15) is 0 Å². The summed E-state index contributed by atoms with van der Waals surface area (Å²) in [4.78, 5) is 143. The predicted molar refractivity (Wildman–Crippen MR) is 249 cm³/mol. The Kier molecular flexibility index (Phi) is 28.9. The van der Waals surface area contributed by atoms with E-state index in [1.54, 1.807) is 13.8 Å². The van der Waals surface area contributed by atoms with Crippen molar-refractivity contribution in [3.8, 4) is 0 Å². The fourth-order valence-corrected chi connectivity index (χ4v) is 7.30. The van der Waals surface area contributed by atoms with Crippen LogP contribution in [0.4, 0.5) is 0 Å². The van der Waals surface area contributed by atoms with Crippen LogP contribution in [0.15, 0.2) is 0 Å². The van der Waals surface area contributed by atoms with Crippen molar-refractivity contribution in [3.05, 3.63) is 0 Å². The SMILES string of the molecule is CC(C)[C@H](NC(=O)[C@@H]1CCCN1C(=O)[C@H](C)NC(=O)[C@@H](N)CCCCN)C(=O)N[C@@H](CCCCN)C(=O)N[C@@H](CCCCN)C(=O)NCC(=O)N[C@@H](CCC(N)=O)C(=O)N[C@@H](CCC(=O)O)C(=O)O. The number of amides is 9. The Morgan fingerprint density at radius 3 is 1.62 bits per heavy atom. The maximum atomic E-state index is 13.9. The molecule has 1 fully saturated rings. The van der Waals surface area contributed by atoms with Gasteiger partial charge in [-0.3, -0.25) is 47.9 Å². The number of carboxylic acids is 2. The molecule has 1 aliphatic rings. The molecule has 0 aromatic rings. The molecule has 1 aliphatic heterocycles. The molecule has 0 aromatic heterocycles. The molecule has 26 heteroatoms. The third-order valence-corrected chi connectivity index (χ3v) is 11.3. The lowest BCUT2D eigenvalue weighted by Crippen LogP contribution is -2.60. The van der Waals surface area contributed by atoms with Crippen molar-refractivity contribution >= 4 is 65.1 Å². The zero-order valence-electron chi connectivity index (χ0n) is 40.1. The molecule has 19 N–H and O–H groups in total.